The average Bonchev–Trinajstić information content (AvgIpc) is 2.59. The summed E-state index contributed by atoms with van der Waals surface area (Å²) < 4.78 is 0. The zero-order valence-corrected chi connectivity index (χ0v) is 16.9. The van der Waals surface area contributed by atoms with Gasteiger partial charge in [0, 0.05) is 33.4 Å². The second-order valence-electron chi connectivity index (χ2n) is 5.66. The lowest BCUT2D eigenvalue weighted by atomic mass is 10.2. The molecule has 25 heavy (non-hydrogen) atoms. The van der Waals surface area contributed by atoms with Crippen LogP contribution < -0.4 is 0 Å². The average molecular weight is 390 g/mol. The van der Waals surface area contributed by atoms with Crippen molar-refractivity contribution in [2.75, 3.05) is 5.75 Å². The SMILES string of the molecule is CC(=N)/C(CSSc1cccc(CSCc2ccccc2)c1)=C(/C)O. The van der Waals surface area contributed by atoms with Crippen LogP contribution in [-0.2, 0) is 11.5 Å². The summed E-state index contributed by atoms with van der Waals surface area (Å²) in [4.78, 5) is 1.21. The topological polar surface area (TPSA) is 44.1 Å². The molecule has 0 saturated heterocycles. The minimum atomic E-state index is 0.242. The Hall–Kier alpha value is -1.30. The minimum Gasteiger partial charge on any atom is -0.512 e. The smallest absolute Gasteiger partial charge is 0.0950 e. The van der Waals surface area contributed by atoms with Crippen molar-refractivity contribution >= 4 is 39.1 Å². The van der Waals surface area contributed by atoms with E-state index in [-0.39, 0.29) is 5.76 Å². The van der Waals surface area contributed by atoms with Crippen LogP contribution in [0.1, 0.15) is 25.0 Å². The van der Waals surface area contributed by atoms with E-state index in [1.807, 2.05) is 17.8 Å². The molecular formula is C20H23NOS3. The van der Waals surface area contributed by atoms with E-state index in [4.69, 9.17) is 5.41 Å². The number of aliphatic hydroxyl groups is 1. The molecule has 0 saturated carbocycles. The highest BCUT2D eigenvalue weighted by molar-refractivity contribution is 8.76. The molecule has 0 heterocycles. The van der Waals surface area contributed by atoms with Gasteiger partial charge in [0.15, 0.2) is 0 Å². The maximum atomic E-state index is 9.63. The molecule has 0 bridgehead atoms. The molecule has 0 aliphatic rings. The Morgan fingerprint density at radius 1 is 0.960 bits per heavy atom. The number of allylic oxidation sites excluding steroid dienone is 1. The van der Waals surface area contributed by atoms with Gasteiger partial charge in [-0.15, -0.1) is 0 Å². The second kappa shape index (κ2) is 10.6. The quantitative estimate of drug-likeness (QED) is 0.283. The number of benzene rings is 2. The largest absolute Gasteiger partial charge is 0.512 e. The lowest BCUT2D eigenvalue weighted by molar-refractivity contribution is 0.410. The third kappa shape index (κ3) is 7.22. The van der Waals surface area contributed by atoms with Crippen LogP contribution in [-0.4, -0.2) is 16.6 Å². The van der Waals surface area contributed by atoms with Crippen LogP contribution in [0.15, 0.2) is 70.8 Å². The fraction of sp³-hybridized carbons (Fsp3) is 0.250. The molecule has 0 amide bonds. The molecule has 5 heteroatoms. The summed E-state index contributed by atoms with van der Waals surface area (Å²) in [6.45, 7) is 3.36. The molecule has 0 spiro atoms. The summed E-state index contributed by atoms with van der Waals surface area (Å²) in [6, 6.07) is 19.1. The molecule has 0 aliphatic carbocycles. The predicted octanol–water partition coefficient (Wildman–Crippen LogP) is 6.73. The Bertz CT molecular complexity index is 725. The van der Waals surface area contributed by atoms with Crippen LogP contribution in [0.4, 0.5) is 0 Å². The van der Waals surface area contributed by atoms with E-state index in [1.165, 1.54) is 16.0 Å². The standard InChI is InChI=1S/C20H23NOS3/c1-15(21)20(16(2)22)14-24-25-19-10-6-9-18(11-19)13-23-12-17-7-4-3-5-8-17/h3-11,21-22H,12-14H2,1-2H3/b20-16-,21-15?. The van der Waals surface area contributed by atoms with Gasteiger partial charge < -0.3 is 10.5 Å². The van der Waals surface area contributed by atoms with Crippen LogP contribution in [0.3, 0.4) is 0 Å². The molecule has 2 aromatic rings. The predicted molar refractivity (Wildman–Crippen MR) is 115 cm³/mol. The van der Waals surface area contributed by atoms with Gasteiger partial charge in [-0.2, -0.15) is 11.8 Å². The molecule has 0 radical (unpaired) electrons. The van der Waals surface area contributed by atoms with Crippen LogP contribution in [0.25, 0.3) is 0 Å². The highest BCUT2D eigenvalue weighted by atomic mass is 33.1. The van der Waals surface area contributed by atoms with Gasteiger partial charge in [-0.25, -0.2) is 0 Å². The maximum Gasteiger partial charge on any atom is 0.0950 e. The van der Waals surface area contributed by atoms with E-state index in [2.05, 4.69) is 48.5 Å². The third-order valence-corrected chi connectivity index (χ3v) is 6.86. The molecule has 0 fully saturated rings. The van der Waals surface area contributed by atoms with Crippen molar-refractivity contribution in [3.05, 3.63) is 77.1 Å². The number of thioether (sulfide) groups is 1. The number of rotatable bonds is 9. The summed E-state index contributed by atoms with van der Waals surface area (Å²) in [7, 11) is 3.34. The lowest BCUT2D eigenvalue weighted by Gasteiger charge is -2.08. The van der Waals surface area contributed by atoms with E-state index < -0.39 is 0 Å². The van der Waals surface area contributed by atoms with Gasteiger partial charge in [0.25, 0.3) is 0 Å². The Morgan fingerprint density at radius 2 is 1.64 bits per heavy atom. The highest BCUT2D eigenvalue weighted by Gasteiger charge is 2.06. The van der Waals surface area contributed by atoms with Crippen LogP contribution >= 0.6 is 33.3 Å². The molecule has 2 aromatic carbocycles. The first kappa shape index (κ1) is 20.0. The van der Waals surface area contributed by atoms with Crippen LogP contribution in [0, 0.1) is 5.41 Å². The minimum absolute atomic E-state index is 0.242. The van der Waals surface area contributed by atoms with Crippen LogP contribution in [0.5, 0.6) is 0 Å². The van der Waals surface area contributed by atoms with Gasteiger partial charge in [-0.1, -0.05) is 64.1 Å². The molecule has 2 N–H and O–H groups in total. The molecule has 2 nitrogen and oxygen atoms in total. The van der Waals surface area contributed by atoms with E-state index in [0.717, 1.165) is 11.5 Å². The molecule has 0 unspecified atom stereocenters. The Balaban J connectivity index is 1.82. The number of hydrogen-bond donors (Lipinski definition) is 2. The molecular weight excluding hydrogens is 366 g/mol. The first-order chi connectivity index (χ1) is 12.1. The number of nitrogens with one attached hydrogen (secondary N) is 1. The van der Waals surface area contributed by atoms with Crippen molar-refractivity contribution in [1.82, 2.24) is 0 Å². The summed E-state index contributed by atoms with van der Waals surface area (Å²) >= 11 is 1.92. The molecule has 0 aliphatic heterocycles. The Kier molecular flexibility index (Phi) is 8.52. The van der Waals surface area contributed by atoms with Gasteiger partial charge >= 0.3 is 0 Å². The van der Waals surface area contributed by atoms with Crippen molar-refractivity contribution in [3.8, 4) is 0 Å². The number of hydrogen-bond acceptors (Lipinski definition) is 5. The molecule has 0 atom stereocenters. The number of aliphatic hydroxyl groups excluding tert-OH is 1. The van der Waals surface area contributed by atoms with Gasteiger partial charge in [0.05, 0.1) is 5.76 Å². The molecule has 2 rings (SSSR count). The third-order valence-electron chi connectivity index (χ3n) is 3.53. The summed E-state index contributed by atoms with van der Waals surface area (Å²) in [5.41, 5.74) is 3.82. The fourth-order valence-electron chi connectivity index (χ4n) is 2.19. The highest BCUT2D eigenvalue weighted by Crippen LogP contribution is 2.34. The normalized spacial score (nSPS) is 11.9. The Morgan fingerprint density at radius 3 is 2.32 bits per heavy atom. The fourth-order valence-corrected chi connectivity index (χ4v) is 5.46. The van der Waals surface area contributed by atoms with Gasteiger partial charge in [-0.05, 0) is 37.1 Å². The maximum absolute atomic E-state index is 9.63. The van der Waals surface area contributed by atoms with Crippen molar-refractivity contribution in [2.24, 2.45) is 0 Å². The van der Waals surface area contributed by atoms with Crippen molar-refractivity contribution in [1.29, 1.82) is 5.41 Å². The summed E-state index contributed by atoms with van der Waals surface area (Å²) in [6.07, 6.45) is 0. The molecule has 0 aromatic heterocycles. The monoisotopic (exact) mass is 389 g/mol. The van der Waals surface area contributed by atoms with E-state index >= 15 is 0 Å². The first-order valence-corrected chi connectivity index (χ1v) is 11.5. The zero-order valence-electron chi connectivity index (χ0n) is 14.5. The van der Waals surface area contributed by atoms with Crippen molar-refractivity contribution < 1.29 is 5.11 Å². The lowest BCUT2D eigenvalue weighted by Crippen LogP contribution is -2.01. The summed E-state index contributed by atoms with van der Waals surface area (Å²) in [5, 5.41) is 17.3. The van der Waals surface area contributed by atoms with Crippen molar-refractivity contribution in [3.63, 3.8) is 0 Å². The molecule has 132 valence electrons. The van der Waals surface area contributed by atoms with Crippen molar-refractivity contribution in [2.45, 2.75) is 30.2 Å². The van der Waals surface area contributed by atoms with E-state index in [1.54, 1.807) is 35.4 Å². The van der Waals surface area contributed by atoms with Crippen LogP contribution in [0.2, 0.25) is 0 Å². The van der Waals surface area contributed by atoms with E-state index in [0.29, 0.717) is 17.0 Å². The second-order valence-corrected chi connectivity index (χ2v) is 9.02. The van der Waals surface area contributed by atoms with Gasteiger partial charge in [0.1, 0.15) is 0 Å². The summed E-state index contributed by atoms with van der Waals surface area (Å²) in [5.74, 6) is 2.89. The van der Waals surface area contributed by atoms with Gasteiger partial charge in [-0.3, -0.25) is 0 Å². The van der Waals surface area contributed by atoms with Gasteiger partial charge in [0.2, 0.25) is 0 Å². The zero-order chi connectivity index (χ0) is 18.1. The Labute approximate surface area is 162 Å². The first-order valence-electron chi connectivity index (χ1n) is 8.00. The van der Waals surface area contributed by atoms with E-state index in [9.17, 15) is 5.11 Å².